The number of hydrogen-bond donors (Lipinski definition) is 0. The summed E-state index contributed by atoms with van der Waals surface area (Å²) in [6.45, 7) is 1.42. The number of nitro benzene ring substituents is 1. The largest absolute Gasteiger partial charge is 0.327 e. The Bertz CT molecular complexity index is 680. The molecule has 1 aromatic carbocycles. The number of hydrazone groups is 1. The van der Waals surface area contributed by atoms with Crippen molar-refractivity contribution in [2.24, 2.45) is 10.3 Å². The molecule has 0 saturated carbocycles. The number of rotatable bonds is 4. The van der Waals surface area contributed by atoms with Crippen molar-refractivity contribution in [3.63, 3.8) is 0 Å². The first-order chi connectivity index (χ1) is 9.90. The fraction of sp³-hybridized carbons (Fsp3) is 0.100. The van der Waals surface area contributed by atoms with Gasteiger partial charge in [-0.25, -0.2) is 10.1 Å². The van der Waals surface area contributed by atoms with E-state index in [4.69, 9.17) is 0 Å². The molecule has 0 saturated heterocycles. The van der Waals surface area contributed by atoms with Crippen molar-refractivity contribution < 1.29 is 19.7 Å². The molecule has 0 spiro atoms. The smallest absolute Gasteiger partial charge is 0.262 e. The van der Waals surface area contributed by atoms with Crippen LogP contribution in [-0.2, 0) is 9.73 Å². The van der Waals surface area contributed by atoms with Gasteiger partial charge in [-0.2, -0.15) is 15.0 Å². The highest BCUT2D eigenvalue weighted by atomic mass is 17.0. The first-order valence-electron chi connectivity index (χ1n) is 5.44. The molecule has 0 aromatic heterocycles. The number of carbonyl (C=O) groups is 1. The van der Waals surface area contributed by atoms with E-state index < -0.39 is 15.9 Å². The molecule has 0 aliphatic carbocycles. The van der Waals surface area contributed by atoms with E-state index >= 15 is 0 Å². The van der Waals surface area contributed by atoms with Crippen LogP contribution in [-0.4, -0.2) is 27.3 Å². The third-order valence-electron chi connectivity index (χ3n) is 2.49. The van der Waals surface area contributed by atoms with Gasteiger partial charge in [0.1, 0.15) is 5.71 Å². The van der Waals surface area contributed by atoms with Crippen molar-refractivity contribution in [1.29, 1.82) is 0 Å². The number of oxime groups is 1. The minimum Gasteiger partial charge on any atom is -0.262 e. The maximum Gasteiger partial charge on any atom is 0.327 e. The van der Waals surface area contributed by atoms with Gasteiger partial charge in [-0.05, 0) is 19.1 Å². The second-order valence-corrected chi connectivity index (χ2v) is 3.82. The molecule has 108 valence electrons. The minimum absolute atomic E-state index is 0.125. The summed E-state index contributed by atoms with van der Waals surface area (Å²) in [5, 5.41) is 27.3. The van der Waals surface area contributed by atoms with Crippen molar-refractivity contribution in [2.45, 2.75) is 6.92 Å². The second kappa shape index (κ2) is 5.32. The molecule has 0 atom stereocenters. The lowest BCUT2D eigenvalue weighted by Gasteiger charge is -2.09. The Morgan fingerprint density at radius 1 is 1.24 bits per heavy atom. The summed E-state index contributed by atoms with van der Waals surface area (Å²) in [4.78, 5) is 35.8. The second-order valence-electron chi connectivity index (χ2n) is 3.82. The molecule has 11 heteroatoms. The fourth-order valence-electron chi connectivity index (χ4n) is 1.57. The zero-order valence-electron chi connectivity index (χ0n) is 10.5. The maximum absolute atomic E-state index is 12.0. The average Bonchev–Trinajstić information content (AvgIpc) is 2.72. The topological polar surface area (TPSA) is 141 Å². The van der Waals surface area contributed by atoms with Crippen molar-refractivity contribution in [2.75, 3.05) is 5.01 Å². The van der Waals surface area contributed by atoms with Crippen LogP contribution in [0, 0.1) is 20.2 Å². The summed E-state index contributed by atoms with van der Waals surface area (Å²) >= 11 is 0. The Morgan fingerprint density at radius 2 is 1.86 bits per heavy atom. The number of hydrogen-bond acceptors (Lipinski definition) is 8. The van der Waals surface area contributed by atoms with Gasteiger partial charge in [0.15, 0.2) is 5.09 Å². The highest BCUT2D eigenvalue weighted by Crippen LogP contribution is 2.22. The number of nitrogens with zero attached hydrogens (tertiary/aromatic N) is 5. The highest BCUT2D eigenvalue weighted by molar-refractivity contribution is 6.71. The molecule has 1 amide bonds. The van der Waals surface area contributed by atoms with Crippen LogP contribution in [0.3, 0.4) is 0 Å². The summed E-state index contributed by atoms with van der Waals surface area (Å²) in [7, 11) is 0. The zero-order chi connectivity index (χ0) is 15.6. The van der Waals surface area contributed by atoms with E-state index in [1.165, 1.54) is 31.2 Å². The van der Waals surface area contributed by atoms with Gasteiger partial charge >= 0.3 is 5.91 Å². The first kappa shape index (κ1) is 14.0. The van der Waals surface area contributed by atoms with Crippen LogP contribution in [0.5, 0.6) is 0 Å². The number of non-ortho nitro benzene ring substituents is 1. The number of amides is 1. The van der Waals surface area contributed by atoms with Crippen molar-refractivity contribution in [3.8, 4) is 0 Å². The molecule has 1 aliphatic heterocycles. The third kappa shape index (κ3) is 2.80. The van der Waals surface area contributed by atoms with Gasteiger partial charge in [0.2, 0.25) is 0 Å². The van der Waals surface area contributed by atoms with Crippen LogP contribution < -0.4 is 5.01 Å². The summed E-state index contributed by atoms with van der Waals surface area (Å²) in [5.74, 6) is -0.733. The predicted molar refractivity (Wildman–Crippen MR) is 69.2 cm³/mol. The number of benzene rings is 1. The summed E-state index contributed by atoms with van der Waals surface area (Å²) in [6.07, 6.45) is 0. The number of carbonyl (C=O) groups excluding carboxylic acids is 1. The van der Waals surface area contributed by atoms with Gasteiger partial charge < -0.3 is 0 Å². The lowest BCUT2D eigenvalue weighted by atomic mass is 10.2. The molecule has 0 radical (unpaired) electrons. The molecule has 21 heavy (non-hydrogen) atoms. The molecule has 0 N–H and O–H groups in total. The van der Waals surface area contributed by atoms with E-state index in [-0.39, 0.29) is 22.8 Å². The quantitative estimate of drug-likeness (QED) is 0.596. The molecular weight excluding hydrogens is 286 g/mol. The van der Waals surface area contributed by atoms with Gasteiger partial charge in [-0.15, -0.1) is 0 Å². The van der Waals surface area contributed by atoms with Crippen LogP contribution in [0.4, 0.5) is 11.4 Å². The van der Waals surface area contributed by atoms with E-state index in [0.717, 1.165) is 5.01 Å². The summed E-state index contributed by atoms with van der Waals surface area (Å²) in [5.41, 5.74) is -0.0711. The normalized spacial score (nSPS) is 16.0. The number of nitro groups is 1. The molecule has 1 aromatic rings. The van der Waals surface area contributed by atoms with Crippen molar-refractivity contribution in [3.05, 3.63) is 44.5 Å². The molecule has 0 bridgehead atoms. The van der Waals surface area contributed by atoms with Gasteiger partial charge in [-0.3, -0.25) is 14.9 Å². The molecule has 0 fully saturated rings. The Balaban J connectivity index is 2.26. The lowest BCUT2D eigenvalue weighted by molar-refractivity contribution is -0.760. The third-order valence-corrected chi connectivity index (χ3v) is 2.49. The SMILES string of the molecule is CC1=NN(c2ccc([N+](=O)[O-])cc2)C(=O)C1=NO[N+](=O)[O-]. The molecule has 1 aliphatic rings. The van der Waals surface area contributed by atoms with E-state index in [2.05, 4.69) is 15.2 Å². The van der Waals surface area contributed by atoms with E-state index in [9.17, 15) is 25.0 Å². The summed E-state index contributed by atoms with van der Waals surface area (Å²) in [6, 6.07) is 5.06. The van der Waals surface area contributed by atoms with Gasteiger partial charge in [-0.1, -0.05) is 0 Å². The molecule has 1 heterocycles. The zero-order valence-corrected chi connectivity index (χ0v) is 10.5. The molecule has 0 unspecified atom stereocenters. The highest BCUT2D eigenvalue weighted by Gasteiger charge is 2.35. The Morgan fingerprint density at radius 3 is 2.38 bits per heavy atom. The molecule has 11 nitrogen and oxygen atoms in total. The van der Waals surface area contributed by atoms with Gasteiger partial charge in [0.25, 0.3) is 11.4 Å². The van der Waals surface area contributed by atoms with Crippen LogP contribution in [0.2, 0.25) is 0 Å². The predicted octanol–water partition coefficient (Wildman–Crippen LogP) is 0.882. The Hall–Kier alpha value is -3.37. The lowest BCUT2D eigenvalue weighted by Crippen LogP contribution is -2.27. The van der Waals surface area contributed by atoms with Gasteiger partial charge in [0.05, 0.1) is 15.8 Å². The average molecular weight is 293 g/mol. The van der Waals surface area contributed by atoms with Crippen LogP contribution >= 0.6 is 0 Å². The van der Waals surface area contributed by atoms with Crippen molar-refractivity contribution in [1.82, 2.24) is 0 Å². The minimum atomic E-state index is -1.16. The molecule has 2 rings (SSSR count). The van der Waals surface area contributed by atoms with Gasteiger partial charge in [0, 0.05) is 12.1 Å². The van der Waals surface area contributed by atoms with Crippen LogP contribution in [0.25, 0.3) is 0 Å². The Labute approximate surface area is 116 Å². The van der Waals surface area contributed by atoms with E-state index in [0.29, 0.717) is 0 Å². The fourth-order valence-corrected chi connectivity index (χ4v) is 1.57. The monoisotopic (exact) mass is 293 g/mol. The van der Waals surface area contributed by atoms with E-state index in [1.807, 2.05) is 0 Å². The Kier molecular flexibility index (Phi) is 3.56. The van der Waals surface area contributed by atoms with Crippen LogP contribution in [0.15, 0.2) is 34.5 Å². The molecular formula is C10H7N5O6. The first-order valence-corrected chi connectivity index (χ1v) is 5.44. The maximum atomic E-state index is 12.0. The standard InChI is InChI=1S/C10H7N5O6/c1-6-9(12-21-15(19)20)10(16)13(11-6)7-2-4-8(5-3-7)14(17)18/h2-5H,1H3. The number of anilines is 1. The summed E-state index contributed by atoms with van der Waals surface area (Å²) < 4.78 is 0. The van der Waals surface area contributed by atoms with Crippen molar-refractivity contribution >= 4 is 28.7 Å². The van der Waals surface area contributed by atoms with Crippen LogP contribution in [0.1, 0.15) is 6.92 Å². The van der Waals surface area contributed by atoms with E-state index in [1.54, 1.807) is 0 Å².